The molecule has 4 aliphatic heterocycles. The maximum absolute atomic E-state index is 13.8. The van der Waals surface area contributed by atoms with Crippen LogP contribution in [0.3, 0.4) is 0 Å². The zero-order chi connectivity index (χ0) is 26.5. The molecule has 1 aliphatic carbocycles. The van der Waals surface area contributed by atoms with Gasteiger partial charge in [-0.05, 0) is 44.1 Å². The summed E-state index contributed by atoms with van der Waals surface area (Å²) in [5.41, 5.74) is 0.302. The Hall–Kier alpha value is -2.72. The van der Waals surface area contributed by atoms with Gasteiger partial charge in [0.1, 0.15) is 12.3 Å². The van der Waals surface area contributed by atoms with Crippen LogP contribution in [0, 0.1) is 5.92 Å². The molecule has 0 radical (unpaired) electrons. The molecule has 0 aromatic carbocycles. The summed E-state index contributed by atoms with van der Waals surface area (Å²) in [5, 5.41) is 3.15. The Balaban J connectivity index is 1.33. The van der Waals surface area contributed by atoms with E-state index in [-0.39, 0.29) is 29.8 Å². The number of aromatic nitrogens is 1. The van der Waals surface area contributed by atoms with Gasteiger partial charge >= 0.3 is 0 Å². The second-order valence-corrected chi connectivity index (χ2v) is 11.1. The van der Waals surface area contributed by atoms with Gasteiger partial charge < -0.3 is 24.6 Å². The van der Waals surface area contributed by atoms with Crippen molar-refractivity contribution in [1.82, 2.24) is 25.0 Å². The van der Waals surface area contributed by atoms with Crippen molar-refractivity contribution >= 4 is 17.7 Å². The van der Waals surface area contributed by atoms with E-state index in [0.717, 1.165) is 25.7 Å². The van der Waals surface area contributed by atoms with Crippen LogP contribution < -0.4 is 10.1 Å². The minimum atomic E-state index is -0.243. The summed E-state index contributed by atoms with van der Waals surface area (Å²) < 4.78 is 11.4. The lowest BCUT2D eigenvalue weighted by Gasteiger charge is -2.38. The lowest BCUT2D eigenvalue weighted by Crippen LogP contribution is -2.51. The first-order chi connectivity index (χ1) is 18.5. The monoisotopic (exact) mass is 527 g/mol. The average molecular weight is 528 g/mol. The maximum Gasteiger partial charge on any atom is 0.270 e. The fourth-order valence-corrected chi connectivity index (χ4v) is 6.45. The number of nitrogens with zero attached hydrogens (tertiary/aromatic N) is 4. The van der Waals surface area contributed by atoms with E-state index in [2.05, 4.69) is 15.2 Å². The highest BCUT2D eigenvalue weighted by Gasteiger charge is 2.43. The van der Waals surface area contributed by atoms with Gasteiger partial charge in [-0.25, -0.2) is 4.98 Å². The van der Waals surface area contributed by atoms with Crippen molar-refractivity contribution in [2.45, 2.75) is 70.0 Å². The molecule has 5 aliphatic rings. The molecule has 6 rings (SSSR count). The van der Waals surface area contributed by atoms with Crippen LogP contribution in [0.1, 0.15) is 62.4 Å². The standard InChI is InChI=1S/C28H41N5O5/c1-20(34)32-13-14-37-15-16-38-26-8-4-7-24(30-26)27(35)29-22-17-25(33(19-22)23-5-2-3-6-23)28(36)31-11-9-21(18-32)10-12-31/h4,7-8,21-23,25H,2-3,5-6,9-19H2,1H3,(H,29,35)/t22-,25-/m0/s1. The van der Waals surface area contributed by atoms with Gasteiger partial charge in [-0.3, -0.25) is 19.3 Å². The number of likely N-dealkylation sites (tertiary alicyclic amines) is 1. The Morgan fingerprint density at radius 3 is 2.55 bits per heavy atom. The fraction of sp³-hybridized carbons (Fsp3) is 0.714. The number of fused-ring (bicyclic) bond motifs is 10. The summed E-state index contributed by atoms with van der Waals surface area (Å²) in [4.78, 5) is 49.8. The van der Waals surface area contributed by atoms with Crippen molar-refractivity contribution in [2.24, 2.45) is 5.92 Å². The molecular weight excluding hydrogens is 486 g/mol. The van der Waals surface area contributed by atoms with Crippen molar-refractivity contribution in [3.05, 3.63) is 23.9 Å². The Morgan fingerprint density at radius 2 is 1.79 bits per heavy atom. The SMILES string of the molecule is CC(=O)N1CCOCCOc2cccc(n2)C(=O)N[C@H]2C[C@@H](C(=O)N3CCC(CC3)C1)N(C1CCCC1)C2. The fourth-order valence-electron chi connectivity index (χ4n) is 6.45. The molecule has 10 nitrogen and oxygen atoms in total. The maximum atomic E-state index is 13.8. The van der Waals surface area contributed by atoms with Gasteiger partial charge in [-0.1, -0.05) is 18.9 Å². The Bertz CT molecular complexity index is 992. The highest BCUT2D eigenvalue weighted by molar-refractivity contribution is 5.92. The summed E-state index contributed by atoms with van der Waals surface area (Å²) in [6.45, 7) is 6.04. The first-order valence-corrected chi connectivity index (χ1v) is 14.3. The molecule has 10 heteroatoms. The summed E-state index contributed by atoms with van der Waals surface area (Å²) >= 11 is 0. The molecule has 0 unspecified atom stereocenters. The van der Waals surface area contributed by atoms with Crippen LogP contribution in [0.4, 0.5) is 0 Å². The molecule has 0 spiro atoms. The molecule has 1 N–H and O–H groups in total. The third kappa shape index (κ3) is 6.46. The topological polar surface area (TPSA) is 104 Å². The summed E-state index contributed by atoms with van der Waals surface area (Å²) in [6.07, 6.45) is 7.00. The molecule has 3 amide bonds. The van der Waals surface area contributed by atoms with E-state index in [9.17, 15) is 14.4 Å². The van der Waals surface area contributed by atoms with E-state index in [1.807, 2.05) is 9.80 Å². The number of nitrogens with one attached hydrogen (secondary N) is 1. The molecule has 1 saturated carbocycles. The summed E-state index contributed by atoms with van der Waals surface area (Å²) in [7, 11) is 0. The average Bonchev–Trinajstić information content (AvgIpc) is 3.60. The number of piperidine rings is 1. The number of carbonyl (C=O) groups is 3. The quantitative estimate of drug-likeness (QED) is 0.555. The predicted molar refractivity (Wildman–Crippen MR) is 141 cm³/mol. The first kappa shape index (κ1) is 26.9. The van der Waals surface area contributed by atoms with Gasteiger partial charge in [0.15, 0.2) is 0 Å². The molecular formula is C28H41N5O5. The van der Waals surface area contributed by atoms with Gasteiger partial charge in [0, 0.05) is 57.8 Å². The van der Waals surface area contributed by atoms with Crippen LogP contribution in [0.2, 0.25) is 0 Å². The number of rotatable bonds is 1. The van der Waals surface area contributed by atoms with Gasteiger partial charge in [0.05, 0.1) is 19.3 Å². The third-order valence-corrected chi connectivity index (χ3v) is 8.54. The summed E-state index contributed by atoms with van der Waals surface area (Å²) in [6, 6.07) is 5.25. The molecule has 208 valence electrons. The molecule has 5 heterocycles. The first-order valence-electron chi connectivity index (χ1n) is 14.3. The second-order valence-electron chi connectivity index (χ2n) is 11.1. The number of hydrogen-bond donors (Lipinski definition) is 1. The van der Waals surface area contributed by atoms with E-state index in [1.54, 1.807) is 25.1 Å². The largest absolute Gasteiger partial charge is 0.475 e. The Kier molecular flexibility index (Phi) is 8.79. The molecule has 2 saturated heterocycles. The van der Waals surface area contributed by atoms with Crippen molar-refractivity contribution in [2.75, 3.05) is 52.5 Å². The minimum absolute atomic E-state index is 0.0455. The van der Waals surface area contributed by atoms with E-state index < -0.39 is 0 Å². The van der Waals surface area contributed by atoms with Crippen LogP contribution >= 0.6 is 0 Å². The van der Waals surface area contributed by atoms with Crippen molar-refractivity contribution in [3.8, 4) is 5.88 Å². The predicted octanol–water partition coefficient (Wildman–Crippen LogP) is 1.69. The van der Waals surface area contributed by atoms with Crippen molar-refractivity contribution in [1.29, 1.82) is 0 Å². The molecule has 1 aromatic heterocycles. The number of carbonyl (C=O) groups excluding carboxylic acids is 3. The number of pyridine rings is 1. The smallest absolute Gasteiger partial charge is 0.270 e. The highest BCUT2D eigenvalue weighted by Crippen LogP contribution is 2.32. The third-order valence-electron chi connectivity index (χ3n) is 8.54. The zero-order valence-electron chi connectivity index (χ0n) is 22.5. The van der Waals surface area contributed by atoms with Crippen molar-refractivity contribution in [3.63, 3.8) is 0 Å². The van der Waals surface area contributed by atoms with E-state index >= 15 is 0 Å². The van der Waals surface area contributed by atoms with Gasteiger partial charge in [0.2, 0.25) is 17.7 Å². The number of amides is 3. The normalized spacial score (nSPS) is 28.6. The number of ether oxygens (including phenoxy) is 2. The van der Waals surface area contributed by atoms with E-state index in [0.29, 0.717) is 82.5 Å². The van der Waals surface area contributed by atoms with Crippen LogP contribution in [0.5, 0.6) is 5.88 Å². The van der Waals surface area contributed by atoms with E-state index in [1.165, 1.54) is 12.8 Å². The van der Waals surface area contributed by atoms with Gasteiger partial charge in [0.25, 0.3) is 5.91 Å². The Labute approximate surface area is 225 Å². The minimum Gasteiger partial charge on any atom is -0.475 e. The second kappa shape index (κ2) is 12.4. The summed E-state index contributed by atoms with van der Waals surface area (Å²) in [5.74, 6) is 0.730. The molecule has 2 atom stereocenters. The molecule has 3 fully saturated rings. The molecule has 6 bridgehead atoms. The van der Waals surface area contributed by atoms with Crippen molar-refractivity contribution < 1.29 is 23.9 Å². The Morgan fingerprint density at radius 1 is 1.00 bits per heavy atom. The van der Waals surface area contributed by atoms with Crippen LogP contribution in [-0.4, -0.2) is 108 Å². The highest BCUT2D eigenvalue weighted by atomic mass is 16.5. The zero-order valence-corrected chi connectivity index (χ0v) is 22.5. The van der Waals surface area contributed by atoms with Gasteiger partial charge in [-0.15, -0.1) is 0 Å². The van der Waals surface area contributed by atoms with Crippen LogP contribution in [0.25, 0.3) is 0 Å². The molecule has 38 heavy (non-hydrogen) atoms. The van der Waals surface area contributed by atoms with Crippen LogP contribution in [0.15, 0.2) is 18.2 Å². The van der Waals surface area contributed by atoms with Crippen LogP contribution in [-0.2, 0) is 14.3 Å². The number of hydrogen-bond acceptors (Lipinski definition) is 7. The van der Waals surface area contributed by atoms with Gasteiger partial charge in [-0.2, -0.15) is 0 Å². The van der Waals surface area contributed by atoms with E-state index in [4.69, 9.17) is 9.47 Å². The lowest BCUT2D eigenvalue weighted by molar-refractivity contribution is -0.139. The lowest BCUT2D eigenvalue weighted by atomic mass is 9.95. The molecule has 1 aromatic rings.